The van der Waals surface area contributed by atoms with Crippen LogP contribution in [-0.2, 0) is 27.9 Å². The van der Waals surface area contributed by atoms with Gasteiger partial charge in [-0.2, -0.15) is 9.57 Å². The van der Waals surface area contributed by atoms with Gasteiger partial charge in [-0.1, -0.05) is 23.7 Å². The number of hydrogen-bond donors (Lipinski definition) is 0. The van der Waals surface area contributed by atoms with E-state index < -0.39 is 21.2 Å². The molecule has 1 aromatic carbocycles. The number of amides is 2. The Morgan fingerprint density at radius 3 is 2.58 bits per heavy atom. The largest absolute Gasteiger partial charge is 0.460 e. The molecule has 3 rings (SSSR count). The highest BCUT2D eigenvalue weighted by Crippen LogP contribution is 2.33. The van der Waals surface area contributed by atoms with Crippen LogP contribution in [0.15, 0.2) is 45.7 Å². The number of sulfonamides is 1. The fraction of sp³-hybridized carbons (Fsp3) is 0.250. The van der Waals surface area contributed by atoms with Gasteiger partial charge in [-0.15, -0.1) is 0 Å². The second-order valence-electron chi connectivity index (χ2n) is 6.70. The summed E-state index contributed by atoms with van der Waals surface area (Å²) in [7, 11) is -3.52. The van der Waals surface area contributed by atoms with Gasteiger partial charge in [0.05, 0.1) is 30.3 Å². The molecule has 2 aromatic rings. The van der Waals surface area contributed by atoms with Crippen molar-refractivity contribution in [3.05, 3.63) is 63.4 Å². The van der Waals surface area contributed by atoms with Gasteiger partial charge in [-0.05, 0) is 41.6 Å². The molecule has 0 N–H and O–H groups in total. The summed E-state index contributed by atoms with van der Waals surface area (Å²) < 4.78 is 30.5. The lowest BCUT2D eigenvalue weighted by Gasteiger charge is -2.16. The number of carbonyl (C=O) groups is 2. The second kappa shape index (κ2) is 9.70. The molecule has 1 aliphatic rings. The number of halogens is 1. The maximum Gasteiger partial charge on any atom is 0.293 e. The minimum Gasteiger partial charge on any atom is -0.460 e. The summed E-state index contributed by atoms with van der Waals surface area (Å²) in [5, 5.41) is 8.88. The van der Waals surface area contributed by atoms with Crippen molar-refractivity contribution < 1.29 is 22.4 Å². The number of nitrogens with zero attached hydrogens (tertiary/aromatic N) is 3. The van der Waals surface area contributed by atoms with E-state index in [1.54, 1.807) is 36.4 Å². The third kappa shape index (κ3) is 5.98. The van der Waals surface area contributed by atoms with Crippen LogP contribution in [0.2, 0.25) is 5.02 Å². The van der Waals surface area contributed by atoms with Crippen LogP contribution >= 0.6 is 23.4 Å². The first kappa shape index (κ1) is 23.1. The van der Waals surface area contributed by atoms with Gasteiger partial charge in [0.2, 0.25) is 10.0 Å². The van der Waals surface area contributed by atoms with Gasteiger partial charge in [0.25, 0.3) is 11.1 Å². The van der Waals surface area contributed by atoms with E-state index in [9.17, 15) is 18.0 Å². The molecule has 8 nitrogen and oxygen atoms in total. The van der Waals surface area contributed by atoms with Crippen LogP contribution in [0.3, 0.4) is 0 Å². The molecule has 31 heavy (non-hydrogen) atoms. The van der Waals surface area contributed by atoms with Crippen LogP contribution in [0.4, 0.5) is 4.79 Å². The third-order valence-electron chi connectivity index (χ3n) is 4.36. The first-order valence-corrected chi connectivity index (χ1v) is 12.1. The van der Waals surface area contributed by atoms with Crippen molar-refractivity contribution in [3.63, 3.8) is 0 Å². The average molecular weight is 480 g/mol. The van der Waals surface area contributed by atoms with Crippen LogP contribution in [-0.4, -0.2) is 41.6 Å². The molecule has 1 aliphatic heterocycles. The van der Waals surface area contributed by atoms with Crippen LogP contribution in [0.25, 0.3) is 6.08 Å². The monoisotopic (exact) mass is 479 g/mol. The Balaban J connectivity index is 1.72. The minimum atomic E-state index is -3.52. The van der Waals surface area contributed by atoms with E-state index in [1.165, 1.54) is 6.08 Å². The zero-order valence-electron chi connectivity index (χ0n) is 16.4. The maximum atomic E-state index is 12.7. The molecule has 0 atom stereocenters. The first-order valence-electron chi connectivity index (χ1n) is 9.08. The zero-order valence-corrected chi connectivity index (χ0v) is 18.8. The number of rotatable bonds is 8. The second-order valence-corrected chi connectivity index (χ2v) is 10.1. The molecule has 0 radical (unpaired) electrons. The van der Waals surface area contributed by atoms with Crippen molar-refractivity contribution >= 4 is 50.6 Å². The van der Waals surface area contributed by atoms with E-state index in [2.05, 4.69) is 0 Å². The number of furan rings is 1. The van der Waals surface area contributed by atoms with Crippen LogP contribution < -0.4 is 0 Å². The predicted molar refractivity (Wildman–Crippen MR) is 117 cm³/mol. The lowest BCUT2D eigenvalue weighted by atomic mass is 10.2. The summed E-state index contributed by atoms with van der Waals surface area (Å²) in [6.45, 7) is 0.145. The molecule has 0 aliphatic carbocycles. The Hall–Kier alpha value is -2.58. The Morgan fingerprint density at radius 2 is 1.94 bits per heavy atom. The van der Waals surface area contributed by atoms with Crippen molar-refractivity contribution in [1.82, 2.24) is 9.21 Å². The highest BCUT2D eigenvalue weighted by Gasteiger charge is 2.35. The highest BCUT2D eigenvalue weighted by atomic mass is 35.5. The lowest BCUT2D eigenvalue weighted by Crippen LogP contribution is -2.30. The molecule has 2 amide bonds. The fourth-order valence-electron chi connectivity index (χ4n) is 2.81. The topological polar surface area (TPSA) is 112 Å². The zero-order chi connectivity index (χ0) is 22.6. The molecule has 2 heterocycles. The third-order valence-corrected chi connectivity index (χ3v) is 6.77. The lowest BCUT2D eigenvalue weighted by molar-refractivity contribution is -0.123. The van der Waals surface area contributed by atoms with Gasteiger partial charge in [0, 0.05) is 24.1 Å². The SMILES string of the molecule is CS(=O)(=O)N(CCC#N)Cc1ccc(/C=C2\SC(=O)N(Cc3ccc(Cl)cc3)C2=O)o1. The molecular formula is C20H18ClN3O5S2. The standard InChI is InChI=1S/C20H18ClN3O5S2/c1-31(27,28)23(10-2-9-22)13-17-8-7-16(29-17)11-18-19(25)24(20(26)30-18)12-14-3-5-15(21)6-4-14/h3-8,11H,2,10,12-13H2,1H3/b18-11-. The summed E-state index contributed by atoms with van der Waals surface area (Å²) in [6, 6.07) is 12.0. The van der Waals surface area contributed by atoms with Crippen LogP contribution in [0, 0.1) is 11.3 Å². The molecule has 0 saturated carbocycles. The van der Waals surface area contributed by atoms with Crippen molar-refractivity contribution in [1.29, 1.82) is 5.26 Å². The van der Waals surface area contributed by atoms with Gasteiger partial charge in [0.1, 0.15) is 11.5 Å². The van der Waals surface area contributed by atoms with E-state index in [1.807, 2.05) is 6.07 Å². The van der Waals surface area contributed by atoms with Gasteiger partial charge in [0.15, 0.2) is 0 Å². The molecule has 1 aromatic heterocycles. The smallest absolute Gasteiger partial charge is 0.293 e. The summed E-state index contributed by atoms with van der Waals surface area (Å²) in [5.41, 5.74) is 0.770. The molecule has 162 valence electrons. The molecule has 0 bridgehead atoms. The van der Waals surface area contributed by atoms with E-state index in [4.69, 9.17) is 21.3 Å². The number of benzene rings is 1. The van der Waals surface area contributed by atoms with Crippen molar-refractivity contribution in [3.8, 4) is 6.07 Å². The van der Waals surface area contributed by atoms with E-state index >= 15 is 0 Å². The van der Waals surface area contributed by atoms with E-state index in [0.29, 0.717) is 16.5 Å². The summed E-state index contributed by atoms with van der Waals surface area (Å²) in [4.78, 5) is 26.3. The van der Waals surface area contributed by atoms with Crippen molar-refractivity contribution in [2.45, 2.75) is 19.5 Å². The molecule has 1 saturated heterocycles. The summed E-state index contributed by atoms with van der Waals surface area (Å²) >= 11 is 6.67. The van der Waals surface area contributed by atoms with Gasteiger partial charge >= 0.3 is 0 Å². The van der Waals surface area contributed by atoms with Gasteiger partial charge in [-0.3, -0.25) is 14.5 Å². The van der Waals surface area contributed by atoms with Crippen molar-refractivity contribution in [2.24, 2.45) is 0 Å². The quantitative estimate of drug-likeness (QED) is 0.528. The molecule has 0 spiro atoms. The molecular weight excluding hydrogens is 462 g/mol. The predicted octanol–water partition coefficient (Wildman–Crippen LogP) is 3.84. The number of carbonyl (C=O) groups excluding carboxylic acids is 2. The van der Waals surface area contributed by atoms with Crippen molar-refractivity contribution in [2.75, 3.05) is 12.8 Å². The summed E-state index contributed by atoms with van der Waals surface area (Å²) in [6.07, 6.45) is 2.57. The normalized spacial score (nSPS) is 15.8. The minimum absolute atomic E-state index is 0.0353. The van der Waals surface area contributed by atoms with E-state index in [-0.39, 0.29) is 31.0 Å². The summed E-state index contributed by atoms with van der Waals surface area (Å²) in [5.74, 6) is 0.241. The fourth-order valence-corrected chi connectivity index (χ4v) is 4.53. The number of thioether (sulfide) groups is 1. The Kier molecular flexibility index (Phi) is 7.23. The number of nitriles is 1. The average Bonchev–Trinajstić information content (AvgIpc) is 3.25. The molecule has 11 heteroatoms. The first-order chi connectivity index (χ1) is 14.7. The highest BCUT2D eigenvalue weighted by molar-refractivity contribution is 8.18. The molecule has 0 unspecified atom stereocenters. The van der Waals surface area contributed by atoms with E-state index in [0.717, 1.165) is 32.8 Å². The van der Waals surface area contributed by atoms with Gasteiger partial charge in [-0.25, -0.2) is 8.42 Å². The number of hydrogen-bond acceptors (Lipinski definition) is 7. The Labute approximate surface area is 189 Å². The maximum absolute atomic E-state index is 12.7. The molecule has 1 fully saturated rings. The van der Waals surface area contributed by atoms with Gasteiger partial charge < -0.3 is 4.42 Å². The van der Waals surface area contributed by atoms with Crippen LogP contribution in [0.1, 0.15) is 23.5 Å². The van der Waals surface area contributed by atoms with Crippen LogP contribution in [0.5, 0.6) is 0 Å². The Bertz CT molecular complexity index is 1170. The number of imide groups is 1. The Morgan fingerprint density at radius 1 is 1.23 bits per heavy atom.